The molecule has 0 amide bonds. The Bertz CT molecular complexity index is 368. The number of hydrogen-bond donors (Lipinski definition) is 0. The van der Waals surface area contributed by atoms with Gasteiger partial charge in [0.05, 0.1) is 14.2 Å². The number of rotatable bonds is 5. The predicted octanol–water partition coefficient (Wildman–Crippen LogP) is 2.50. The average Bonchev–Trinajstić information content (AvgIpc) is 2.43. The van der Waals surface area contributed by atoms with E-state index < -0.39 is 17.9 Å². The van der Waals surface area contributed by atoms with Gasteiger partial charge in [-0.15, -0.1) is 0 Å². The molecule has 1 aliphatic rings. The van der Waals surface area contributed by atoms with Crippen molar-refractivity contribution < 1.29 is 19.1 Å². The Morgan fingerprint density at radius 3 is 2.37 bits per heavy atom. The first-order valence-corrected chi connectivity index (χ1v) is 6.51. The summed E-state index contributed by atoms with van der Waals surface area (Å²) in [7, 11) is 2.57. The van der Waals surface area contributed by atoms with Crippen LogP contribution in [0.15, 0.2) is 24.3 Å². The van der Waals surface area contributed by atoms with Crippen LogP contribution in [-0.2, 0) is 19.1 Å². The summed E-state index contributed by atoms with van der Waals surface area (Å²) in [5, 5.41) is 0. The molecule has 2 atom stereocenters. The molecule has 0 saturated carbocycles. The molecule has 0 N–H and O–H groups in total. The fourth-order valence-electron chi connectivity index (χ4n) is 2.39. The van der Waals surface area contributed by atoms with Gasteiger partial charge in [-0.3, -0.25) is 9.59 Å². The molecular weight excluding hydrogens is 244 g/mol. The van der Waals surface area contributed by atoms with E-state index in [0.29, 0.717) is 12.3 Å². The van der Waals surface area contributed by atoms with E-state index in [1.165, 1.54) is 14.2 Å². The first kappa shape index (κ1) is 15.5. The van der Waals surface area contributed by atoms with Crippen molar-refractivity contribution in [2.45, 2.75) is 26.2 Å². The molecule has 0 aromatic heterocycles. The molecular formula is C15H22O4. The molecule has 4 nitrogen and oxygen atoms in total. The lowest BCUT2D eigenvalue weighted by atomic mass is 9.80. The van der Waals surface area contributed by atoms with Crippen LogP contribution in [0.25, 0.3) is 0 Å². The van der Waals surface area contributed by atoms with Crippen molar-refractivity contribution in [3.8, 4) is 0 Å². The third-order valence-electron chi connectivity index (χ3n) is 3.69. The van der Waals surface area contributed by atoms with Gasteiger partial charge in [0, 0.05) is 0 Å². The van der Waals surface area contributed by atoms with Gasteiger partial charge >= 0.3 is 11.9 Å². The molecule has 1 aliphatic carbocycles. The Labute approximate surface area is 114 Å². The normalized spacial score (nSPS) is 20.2. The minimum atomic E-state index is -0.830. The molecule has 0 saturated heterocycles. The standard InChI is InChI=1S/C15H22O4/c1-10-5-7-12(8-6-10)11(2)9-13(14(16)18-3)15(17)19-4/h5,7,11-13H,1,6,8-9H2,2-4H3/t11-,12-/m0/s1. The van der Waals surface area contributed by atoms with Gasteiger partial charge in [-0.2, -0.15) is 0 Å². The van der Waals surface area contributed by atoms with Gasteiger partial charge in [0.2, 0.25) is 0 Å². The highest BCUT2D eigenvalue weighted by molar-refractivity contribution is 5.94. The second kappa shape index (κ2) is 7.12. The van der Waals surface area contributed by atoms with Crippen molar-refractivity contribution >= 4 is 11.9 Å². The monoisotopic (exact) mass is 266 g/mol. The summed E-state index contributed by atoms with van der Waals surface area (Å²) in [6, 6.07) is 0. The number of carbonyl (C=O) groups excluding carboxylic acids is 2. The smallest absolute Gasteiger partial charge is 0.320 e. The zero-order chi connectivity index (χ0) is 14.4. The third-order valence-corrected chi connectivity index (χ3v) is 3.69. The summed E-state index contributed by atoms with van der Waals surface area (Å²) in [5.74, 6) is -1.30. The van der Waals surface area contributed by atoms with Crippen molar-refractivity contribution in [1.82, 2.24) is 0 Å². The lowest BCUT2D eigenvalue weighted by Gasteiger charge is -2.26. The fourth-order valence-corrected chi connectivity index (χ4v) is 2.39. The highest BCUT2D eigenvalue weighted by atomic mass is 16.5. The second-order valence-corrected chi connectivity index (χ2v) is 5.03. The molecule has 0 heterocycles. The van der Waals surface area contributed by atoms with Crippen LogP contribution < -0.4 is 0 Å². The van der Waals surface area contributed by atoms with E-state index in [4.69, 9.17) is 0 Å². The number of hydrogen-bond acceptors (Lipinski definition) is 4. The molecule has 19 heavy (non-hydrogen) atoms. The van der Waals surface area contributed by atoms with Crippen LogP contribution in [0, 0.1) is 17.8 Å². The van der Waals surface area contributed by atoms with Crippen LogP contribution in [0.3, 0.4) is 0 Å². The van der Waals surface area contributed by atoms with Gasteiger partial charge < -0.3 is 9.47 Å². The van der Waals surface area contributed by atoms with Crippen molar-refractivity contribution in [2.75, 3.05) is 14.2 Å². The number of carbonyl (C=O) groups is 2. The van der Waals surface area contributed by atoms with Gasteiger partial charge in [0.25, 0.3) is 0 Å². The summed E-state index contributed by atoms with van der Waals surface area (Å²) in [6.07, 6.45) is 6.55. The lowest BCUT2D eigenvalue weighted by molar-refractivity contribution is -0.159. The van der Waals surface area contributed by atoms with Crippen LogP contribution in [0.4, 0.5) is 0 Å². The summed E-state index contributed by atoms with van der Waals surface area (Å²) < 4.78 is 9.34. The average molecular weight is 266 g/mol. The SMILES string of the molecule is C=C1C=C[C@H]([C@@H](C)CC(C(=O)OC)C(=O)OC)CC1. The largest absolute Gasteiger partial charge is 0.468 e. The van der Waals surface area contributed by atoms with Crippen molar-refractivity contribution in [2.24, 2.45) is 17.8 Å². The molecule has 0 aliphatic heterocycles. The molecule has 0 spiro atoms. The molecule has 0 bridgehead atoms. The third kappa shape index (κ3) is 4.23. The first-order valence-electron chi connectivity index (χ1n) is 6.51. The Hall–Kier alpha value is -1.58. The van der Waals surface area contributed by atoms with E-state index in [-0.39, 0.29) is 5.92 Å². The lowest BCUT2D eigenvalue weighted by Crippen LogP contribution is -2.30. The molecule has 0 unspecified atom stereocenters. The zero-order valence-corrected chi connectivity index (χ0v) is 11.8. The topological polar surface area (TPSA) is 52.6 Å². The van der Waals surface area contributed by atoms with E-state index in [2.05, 4.69) is 22.1 Å². The van der Waals surface area contributed by atoms with E-state index in [0.717, 1.165) is 18.4 Å². The molecule has 4 heteroatoms. The van der Waals surface area contributed by atoms with E-state index in [1.54, 1.807) is 0 Å². The number of allylic oxidation sites excluding steroid dienone is 3. The van der Waals surface area contributed by atoms with Gasteiger partial charge in [-0.25, -0.2) is 0 Å². The molecule has 0 aromatic carbocycles. The van der Waals surface area contributed by atoms with E-state index in [1.807, 2.05) is 13.0 Å². The van der Waals surface area contributed by atoms with Gasteiger partial charge in [0.1, 0.15) is 0 Å². The zero-order valence-electron chi connectivity index (χ0n) is 11.8. The molecule has 0 fully saturated rings. The number of ether oxygens (including phenoxy) is 2. The maximum atomic E-state index is 11.6. The van der Waals surface area contributed by atoms with Crippen molar-refractivity contribution in [1.29, 1.82) is 0 Å². The summed E-state index contributed by atoms with van der Waals surface area (Å²) in [6.45, 7) is 5.96. The Kier molecular flexibility index (Phi) is 5.80. The van der Waals surface area contributed by atoms with Crippen LogP contribution in [0.5, 0.6) is 0 Å². The highest BCUT2D eigenvalue weighted by Crippen LogP contribution is 2.31. The highest BCUT2D eigenvalue weighted by Gasteiger charge is 2.32. The number of esters is 2. The van der Waals surface area contributed by atoms with Crippen molar-refractivity contribution in [3.63, 3.8) is 0 Å². The minimum absolute atomic E-state index is 0.215. The molecule has 106 valence electrons. The maximum absolute atomic E-state index is 11.6. The Morgan fingerprint density at radius 2 is 1.95 bits per heavy atom. The Morgan fingerprint density at radius 1 is 1.37 bits per heavy atom. The van der Waals surface area contributed by atoms with E-state index in [9.17, 15) is 9.59 Å². The van der Waals surface area contributed by atoms with Gasteiger partial charge in [0.15, 0.2) is 5.92 Å². The quantitative estimate of drug-likeness (QED) is 0.566. The van der Waals surface area contributed by atoms with Crippen LogP contribution in [-0.4, -0.2) is 26.2 Å². The summed E-state index contributed by atoms with van der Waals surface area (Å²) >= 11 is 0. The van der Waals surface area contributed by atoms with Crippen molar-refractivity contribution in [3.05, 3.63) is 24.3 Å². The molecule has 1 rings (SSSR count). The van der Waals surface area contributed by atoms with Gasteiger partial charge in [-0.05, 0) is 31.1 Å². The number of methoxy groups -OCH3 is 2. The second-order valence-electron chi connectivity index (χ2n) is 5.03. The fraction of sp³-hybridized carbons (Fsp3) is 0.600. The Balaban J connectivity index is 2.68. The molecule has 0 radical (unpaired) electrons. The first-order chi connectivity index (χ1) is 8.99. The van der Waals surface area contributed by atoms with E-state index >= 15 is 0 Å². The maximum Gasteiger partial charge on any atom is 0.320 e. The van der Waals surface area contributed by atoms with Gasteiger partial charge in [-0.1, -0.05) is 31.2 Å². The van der Waals surface area contributed by atoms with Crippen LogP contribution >= 0.6 is 0 Å². The summed E-state index contributed by atoms with van der Waals surface area (Å²) in [5.41, 5.74) is 1.13. The van der Waals surface area contributed by atoms with Crippen LogP contribution in [0.1, 0.15) is 26.2 Å². The minimum Gasteiger partial charge on any atom is -0.468 e. The molecule has 0 aromatic rings. The van der Waals surface area contributed by atoms with Crippen LogP contribution in [0.2, 0.25) is 0 Å². The predicted molar refractivity (Wildman–Crippen MR) is 72.3 cm³/mol. The summed E-state index contributed by atoms with van der Waals surface area (Å²) in [4.78, 5) is 23.3.